The van der Waals surface area contributed by atoms with Gasteiger partial charge in [0.05, 0.1) is 39.9 Å². The van der Waals surface area contributed by atoms with Crippen LogP contribution in [0.4, 0.5) is 13.2 Å². The van der Waals surface area contributed by atoms with Crippen LogP contribution in [0.3, 0.4) is 0 Å². The first kappa shape index (κ1) is 28.1. The summed E-state index contributed by atoms with van der Waals surface area (Å²) in [6, 6.07) is 4.11. The average Bonchev–Trinajstić information content (AvgIpc) is 3.34. The number of hydrogen-bond acceptors (Lipinski definition) is 7. The van der Waals surface area contributed by atoms with Gasteiger partial charge in [-0.15, -0.1) is 11.3 Å². The van der Waals surface area contributed by atoms with Crippen molar-refractivity contribution >= 4 is 39.3 Å². The fourth-order valence-electron chi connectivity index (χ4n) is 6.33. The number of thiophene rings is 1. The van der Waals surface area contributed by atoms with E-state index < -0.39 is 17.8 Å². The molecule has 42 heavy (non-hydrogen) atoms. The van der Waals surface area contributed by atoms with E-state index in [9.17, 15) is 27.6 Å². The van der Waals surface area contributed by atoms with Gasteiger partial charge in [0.1, 0.15) is 5.69 Å². The molecule has 0 aromatic carbocycles. The highest BCUT2D eigenvalue weighted by atomic mass is 32.1. The molecule has 0 N–H and O–H groups in total. The van der Waals surface area contributed by atoms with Gasteiger partial charge < -0.3 is 4.90 Å². The maximum absolute atomic E-state index is 13.9. The number of rotatable bonds is 6. The quantitative estimate of drug-likeness (QED) is 0.158. The predicted molar refractivity (Wildman–Crippen MR) is 147 cm³/mol. The standard InChI is InChI=1S/C28H26F3N7O3S/c1-13-8-18(28(29,30)31)35-22(19(13)24(39)37-7-5-14(11-37)10-34-36-32)16-4-6-33-17-9-15(42-23(16)17)12-38-25(40)20-21(26(38)41)27(20,2)3/h4,6,8-9,14,20-21H,5,7,10-12H2,1-3H3/t14-,20?,21?/m1/s1. The lowest BCUT2D eigenvalue weighted by molar-refractivity contribution is -0.144. The molecular weight excluding hydrogens is 571 g/mol. The van der Waals surface area contributed by atoms with Crippen LogP contribution in [0.1, 0.15) is 46.8 Å². The molecule has 0 spiro atoms. The van der Waals surface area contributed by atoms with Gasteiger partial charge in [-0.05, 0) is 54.0 Å². The second-order valence-electron chi connectivity index (χ2n) is 11.7. The first-order valence-electron chi connectivity index (χ1n) is 13.4. The van der Waals surface area contributed by atoms with Crippen molar-refractivity contribution in [1.29, 1.82) is 0 Å². The SMILES string of the molecule is Cc1cc(C(F)(F)F)nc(-c2ccnc3cc(CN4C(=O)C5C(C4=O)C5(C)C)sc23)c1C(=O)N1CC[C@H](CN=[N+]=[N-])C1. The van der Waals surface area contributed by atoms with Gasteiger partial charge >= 0.3 is 6.18 Å². The Morgan fingerprint density at radius 1 is 1.24 bits per heavy atom. The summed E-state index contributed by atoms with van der Waals surface area (Å²) < 4.78 is 42.2. The van der Waals surface area contributed by atoms with Gasteiger partial charge in [0, 0.05) is 41.2 Å². The number of piperidine rings is 1. The first-order chi connectivity index (χ1) is 19.8. The van der Waals surface area contributed by atoms with Crippen molar-refractivity contribution in [2.24, 2.45) is 28.3 Å². The van der Waals surface area contributed by atoms with E-state index in [0.29, 0.717) is 40.2 Å². The van der Waals surface area contributed by atoms with Crippen molar-refractivity contribution < 1.29 is 27.6 Å². The molecule has 10 nitrogen and oxygen atoms in total. The molecule has 3 aromatic rings. The number of pyridine rings is 2. The van der Waals surface area contributed by atoms with E-state index in [4.69, 9.17) is 5.53 Å². The molecule has 3 amide bonds. The molecule has 0 radical (unpaired) electrons. The molecule has 3 aliphatic rings. The van der Waals surface area contributed by atoms with Crippen molar-refractivity contribution in [2.45, 2.75) is 39.9 Å². The second-order valence-corrected chi connectivity index (χ2v) is 12.8. The smallest absolute Gasteiger partial charge is 0.338 e. The molecule has 2 aliphatic heterocycles. The normalized spacial score (nSPS) is 23.0. The molecule has 6 rings (SSSR count). The van der Waals surface area contributed by atoms with Crippen LogP contribution in [-0.4, -0.2) is 57.1 Å². The Bertz CT molecular complexity index is 1690. The zero-order valence-corrected chi connectivity index (χ0v) is 23.8. The highest BCUT2D eigenvalue weighted by Crippen LogP contribution is 2.63. The van der Waals surface area contributed by atoms with Crippen molar-refractivity contribution in [3.8, 4) is 11.3 Å². The summed E-state index contributed by atoms with van der Waals surface area (Å²) in [5, 5.41) is 3.59. The number of carbonyl (C=O) groups is 3. The molecule has 1 aliphatic carbocycles. The number of aryl methyl sites for hydroxylation is 1. The second kappa shape index (κ2) is 9.77. The third kappa shape index (κ3) is 4.49. The Kier molecular flexibility index (Phi) is 6.54. The molecule has 3 fully saturated rings. The molecule has 3 atom stereocenters. The third-order valence-corrected chi connectivity index (χ3v) is 9.76. The van der Waals surface area contributed by atoms with E-state index in [1.807, 2.05) is 13.8 Å². The molecule has 0 bridgehead atoms. The summed E-state index contributed by atoms with van der Waals surface area (Å²) in [6.07, 6.45) is -2.70. The number of fused-ring (bicyclic) bond motifs is 2. The summed E-state index contributed by atoms with van der Waals surface area (Å²) in [5.74, 6) is -1.58. The fourth-order valence-corrected chi connectivity index (χ4v) is 7.44. The minimum atomic E-state index is -4.74. The minimum Gasteiger partial charge on any atom is -0.338 e. The maximum atomic E-state index is 13.9. The number of carbonyl (C=O) groups excluding carboxylic acids is 3. The highest BCUT2D eigenvalue weighted by Gasteiger charge is 2.72. The monoisotopic (exact) mass is 597 g/mol. The highest BCUT2D eigenvalue weighted by molar-refractivity contribution is 7.19. The van der Waals surface area contributed by atoms with Crippen molar-refractivity contribution in [3.63, 3.8) is 0 Å². The van der Waals surface area contributed by atoms with Gasteiger partial charge in [-0.1, -0.05) is 19.0 Å². The summed E-state index contributed by atoms with van der Waals surface area (Å²) in [7, 11) is 0. The van der Waals surface area contributed by atoms with Gasteiger partial charge in [0.15, 0.2) is 0 Å². The number of likely N-dealkylation sites (tertiary alicyclic amines) is 2. The van der Waals surface area contributed by atoms with Gasteiger partial charge in [0.25, 0.3) is 5.91 Å². The van der Waals surface area contributed by atoms with Crippen LogP contribution in [0, 0.1) is 30.1 Å². The van der Waals surface area contributed by atoms with Crippen molar-refractivity contribution in [2.75, 3.05) is 19.6 Å². The number of imide groups is 1. The third-order valence-electron chi connectivity index (χ3n) is 8.62. The van der Waals surface area contributed by atoms with E-state index in [0.717, 1.165) is 6.07 Å². The van der Waals surface area contributed by atoms with E-state index in [1.54, 1.807) is 11.0 Å². The number of nitrogens with zero attached hydrogens (tertiary/aromatic N) is 7. The van der Waals surface area contributed by atoms with E-state index >= 15 is 0 Å². The summed E-state index contributed by atoms with van der Waals surface area (Å²) >= 11 is 1.21. The van der Waals surface area contributed by atoms with Crippen LogP contribution in [0.25, 0.3) is 31.9 Å². The number of hydrogen-bond donors (Lipinski definition) is 0. The average molecular weight is 598 g/mol. The molecule has 218 valence electrons. The van der Waals surface area contributed by atoms with E-state index in [-0.39, 0.29) is 64.9 Å². The van der Waals surface area contributed by atoms with Crippen LogP contribution >= 0.6 is 11.3 Å². The fraction of sp³-hybridized carbons (Fsp3) is 0.464. The number of azide groups is 1. The predicted octanol–water partition coefficient (Wildman–Crippen LogP) is 5.60. The first-order valence-corrected chi connectivity index (χ1v) is 14.3. The van der Waals surface area contributed by atoms with Crippen LogP contribution in [0.15, 0.2) is 29.5 Å². The Morgan fingerprint density at radius 2 is 1.95 bits per heavy atom. The molecular formula is C28H26F3N7O3S. The van der Waals surface area contributed by atoms with Crippen LogP contribution in [-0.2, 0) is 22.3 Å². The number of halogens is 3. The number of alkyl halides is 3. The topological polar surface area (TPSA) is 132 Å². The van der Waals surface area contributed by atoms with Crippen molar-refractivity contribution in [1.82, 2.24) is 19.8 Å². The summed E-state index contributed by atoms with van der Waals surface area (Å²) in [5.41, 5.74) is 8.03. The summed E-state index contributed by atoms with van der Waals surface area (Å²) in [6.45, 7) is 6.20. The lowest BCUT2D eigenvalue weighted by Gasteiger charge is -2.21. The largest absolute Gasteiger partial charge is 0.433 e. The Morgan fingerprint density at radius 3 is 2.62 bits per heavy atom. The van der Waals surface area contributed by atoms with Gasteiger partial charge in [0.2, 0.25) is 11.8 Å². The van der Waals surface area contributed by atoms with Gasteiger partial charge in [-0.3, -0.25) is 24.3 Å². The molecule has 1 saturated carbocycles. The maximum Gasteiger partial charge on any atom is 0.433 e. The number of aromatic nitrogens is 2. The minimum absolute atomic E-state index is 0.0440. The van der Waals surface area contributed by atoms with Crippen LogP contribution in [0.2, 0.25) is 0 Å². The summed E-state index contributed by atoms with van der Waals surface area (Å²) in [4.78, 5) is 54.1. The van der Waals surface area contributed by atoms with E-state index in [2.05, 4.69) is 20.0 Å². The van der Waals surface area contributed by atoms with Crippen LogP contribution in [0.5, 0.6) is 0 Å². The Labute approximate surface area is 242 Å². The molecule has 2 unspecified atom stereocenters. The lowest BCUT2D eigenvalue weighted by atomic mass is 9.99. The lowest BCUT2D eigenvalue weighted by Crippen LogP contribution is -2.35. The van der Waals surface area contributed by atoms with E-state index in [1.165, 1.54) is 35.4 Å². The van der Waals surface area contributed by atoms with Crippen molar-refractivity contribution in [3.05, 3.63) is 56.5 Å². The molecule has 5 heterocycles. The van der Waals surface area contributed by atoms with Gasteiger partial charge in [-0.25, -0.2) is 4.98 Å². The Balaban J connectivity index is 1.39. The zero-order valence-electron chi connectivity index (χ0n) is 23.0. The van der Waals surface area contributed by atoms with Crippen LogP contribution < -0.4 is 0 Å². The molecule has 2 saturated heterocycles. The Hall–Kier alpha value is -4.03. The molecule has 14 heteroatoms. The number of amides is 3. The zero-order chi connectivity index (χ0) is 30.1. The molecule has 3 aromatic heterocycles. The van der Waals surface area contributed by atoms with Gasteiger partial charge in [-0.2, -0.15) is 13.2 Å².